The van der Waals surface area contributed by atoms with Gasteiger partial charge < -0.3 is 10.1 Å². The zero-order valence-corrected chi connectivity index (χ0v) is 12.4. The van der Waals surface area contributed by atoms with Crippen LogP contribution in [0, 0.1) is 11.6 Å². The number of methoxy groups -OCH3 is 1. The zero-order chi connectivity index (χ0) is 15.4. The summed E-state index contributed by atoms with van der Waals surface area (Å²) in [5, 5.41) is 3.37. The first-order chi connectivity index (χ1) is 10.0. The molecule has 2 aromatic rings. The van der Waals surface area contributed by atoms with Crippen molar-refractivity contribution in [2.45, 2.75) is 25.9 Å². The Morgan fingerprint density at radius 3 is 2.19 bits per heavy atom. The van der Waals surface area contributed by atoms with Gasteiger partial charge >= 0.3 is 0 Å². The quantitative estimate of drug-likeness (QED) is 0.882. The van der Waals surface area contributed by atoms with E-state index in [1.54, 1.807) is 13.2 Å². The van der Waals surface area contributed by atoms with Gasteiger partial charge in [-0.1, -0.05) is 18.2 Å². The van der Waals surface area contributed by atoms with Crippen molar-refractivity contribution in [2.75, 3.05) is 7.11 Å². The molecule has 0 saturated carbocycles. The van der Waals surface area contributed by atoms with E-state index in [4.69, 9.17) is 4.74 Å². The van der Waals surface area contributed by atoms with Gasteiger partial charge in [0.15, 0.2) is 11.6 Å². The minimum Gasteiger partial charge on any atom is -0.497 e. The molecule has 0 amide bonds. The second kappa shape index (κ2) is 6.68. The van der Waals surface area contributed by atoms with Crippen molar-refractivity contribution < 1.29 is 13.5 Å². The van der Waals surface area contributed by atoms with E-state index >= 15 is 0 Å². The van der Waals surface area contributed by atoms with Gasteiger partial charge in [-0.3, -0.25) is 0 Å². The van der Waals surface area contributed by atoms with Crippen LogP contribution in [0.25, 0.3) is 0 Å². The van der Waals surface area contributed by atoms with Crippen molar-refractivity contribution in [3.63, 3.8) is 0 Å². The summed E-state index contributed by atoms with van der Waals surface area (Å²) in [7, 11) is 1.63. The maximum atomic E-state index is 13.3. The summed E-state index contributed by atoms with van der Waals surface area (Å²) in [5.41, 5.74) is 1.78. The number of rotatable bonds is 5. The highest BCUT2D eigenvalue weighted by molar-refractivity contribution is 5.30. The number of hydrogen-bond donors (Lipinski definition) is 1. The summed E-state index contributed by atoms with van der Waals surface area (Å²) in [5.74, 6) is -0.858. The SMILES string of the molecule is COc1cccc([C@H](C)NC(C)c2ccc(F)c(F)c2)c1. The number of nitrogens with one attached hydrogen (secondary N) is 1. The molecule has 0 saturated heterocycles. The van der Waals surface area contributed by atoms with Gasteiger partial charge in [-0.15, -0.1) is 0 Å². The lowest BCUT2D eigenvalue weighted by atomic mass is 10.0. The largest absolute Gasteiger partial charge is 0.497 e. The molecule has 2 nitrogen and oxygen atoms in total. The summed E-state index contributed by atoms with van der Waals surface area (Å²) in [4.78, 5) is 0. The standard InChI is InChI=1S/C17H19F2NO/c1-11(13-5-4-6-15(9-13)21-3)20-12(2)14-7-8-16(18)17(19)10-14/h4-12,20H,1-3H3/t11-,12?/m0/s1. The Hall–Kier alpha value is -1.94. The van der Waals surface area contributed by atoms with Crippen molar-refractivity contribution >= 4 is 0 Å². The molecular weight excluding hydrogens is 272 g/mol. The Morgan fingerprint density at radius 1 is 0.905 bits per heavy atom. The molecule has 0 aliphatic heterocycles. The Kier molecular flexibility index (Phi) is 4.91. The van der Waals surface area contributed by atoms with Crippen LogP contribution >= 0.6 is 0 Å². The second-order valence-corrected chi connectivity index (χ2v) is 5.06. The van der Waals surface area contributed by atoms with Crippen LogP contribution in [-0.4, -0.2) is 7.11 Å². The Balaban J connectivity index is 2.10. The lowest BCUT2D eigenvalue weighted by molar-refractivity contribution is 0.412. The lowest BCUT2D eigenvalue weighted by Gasteiger charge is -2.21. The van der Waals surface area contributed by atoms with E-state index in [0.717, 1.165) is 17.4 Å². The fourth-order valence-electron chi connectivity index (χ4n) is 2.26. The van der Waals surface area contributed by atoms with Crippen LogP contribution in [0.3, 0.4) is 0 Å². The highest BCUT2D eigenvalue weighted by atomic mass is 19.2. The molecule has 0 aliphatic carbocycles. The van der Waals surface area contributed by atoms with Gasteiger partial charge in [0.05, 0.1) is 7.11 Å². The van der Waals surface area contributed by atoms with Crippen molar-refractivity contribution in [2.24, 2.45) is 0 Å². The van der Waals surface area contributed by atoms with Gasteiger partial charge in [0, 0.05) is 12.1 Å². The fourth-order valence-corrected chi connectivity index (χ4v) is 2.26. The topological polar surface area (TPSA) is 21.3 Å². The molecule has 2 aromatic carbocycles. The van der Waals surface area contributed by atoms with E-state index in [1.807, 2.05) is 38.1 Å². The molecule has 21 heavy (non-hydrogen) atoms. The first-order valence-electron chi connectivity index (χ1n) is 6.86. The van der Waals surface area contributed by atoms with Crippen LogP contribution in [-0.2, 0) is 0 Å². The first-order valence-corrected chi connectivity index (χ1v) is 6.86. The smallest absolute Gasteiger partial charge is 0.159 e. The van der Waals surface area contributed by atoms with Gasteiger partial charge in [0.25, 0.3) is 0 Å². The Labute approximate surface area is 123 Å². The van der Waals surface area contributed by atoms with Crippen LogP contribution in [0.2, 0.25) is 0 Å². The van der Waals surface area contributed by atoms with Gasteiger partial charge in [0.1, 0.15) is 5.75 Å². The van der Waals surface area contributed by atoms with Crippen LogP contribution < -0.4 is 10.1 Å². The van der Waals surface area contributed by atoms with Crippen molar-refractivity contribution in [1.29, 1.82) is 0 Å². The maximum absolute atomic E-state index is 13.3. The molecule has 4 heteroatoms. The first kappa shape index (κ1) is 15.4. The molecule has 0 heterocycles. The molecular formula is C17H19F2NO. The van der Waals surface area contributed by atoms with Gasteiger partial charge in [-0.05, 0) is 49.2 Å². The minimum absolute atomic E-state index is 0.0585. The van der Waals surface area contributed by atoms with Crippen molar-refractivity contribution in [3.8, 4) is 5.75 Å². The van der Waals surface area contributed by atoms with Gasteiger partial charge in [0.2, 0.25) is 0 Å². The predicted octanol–water partition coefficient (Wildman–Crippen LogP) is 4.39. The third-order valence-corrected chi connectivity index (χ3v) is 3.54. The van der Waals surface area contributed by atoms with E-state index in [2.05, 4.69) is 5.32 Å². The normalized spacial score (nSPS) is 13.8. The van der Waals surface area contributed by atoms with E-state index in [-0.39, 0.29) is 12.1 Å². The summed E-state index contributed by atoms with van der Waals surface area (Å²) >= 11 is 0. The van der Waals surface area contributed by atoms with E-state index < -0.39 is 11.6 Å². The molecule has 0 spiro atoms. The molecule has 1 unspecified atom stereocenters. The Morgan fingerprint density at radius 2 is 1.57 bits per heavy atom. The third kappa shape index (κ3) is 3.79. The number of hydrogen-bond acceptors (Lipinski definition) is 2. The Bertz CT molecular complexity index is 615. The molecule has 0 bridgehead atoms. The maximum Gasteiger partial charge on any atom is 0.159 e. The van der Waals surface area contributed by atoms with Crippen molar-refractivity contribution in [3.05, 3.63) is 65.2 Å². The van der Waals surface area contributed by atoms with Crippen LogP contribution in [0.5, 0.6) is 5.75 Å². The van der Waals surface area contributed by atoms with Gasteiger partial charge in [-0.25, -0.2) is 8.78 Å². The summed E-state index contributed by atoms with van der Waals surface area (Å²) in [6, 6.07) is 11.7. The molecule has 1 N–H and O–H groups in total. The number of benzene rings is 2. The fraction of sp³-hybridized carbons (Fsp3) is 0.294. The molecule has 0 radical (unpaired) electrons. The molecule has 2 atom stereocenters. The monoisotopic (exact) mass is 291 g/mol. The summed E-state index contributed by atoms with van der Waals surface area (Å²) in [6.07, 6.45) is 0. The lowest BCUT2D eigenvalue weighted by Crippen LogP contribution is -2.22. The van der Waals surface area contributed by atoms with E-state index in [0.29, 0.717) is 5.56 Å². The van der Waals surface area contributed by atoms with Crippen LogP contribution in [0.4, 0.5) is 8.78 Å². The molecule has 2 rings (SSSR count). The number of halogens is 2. The number of ether oxygens (including phenoxy) is 1. The highest BCUT2D eigenvalue weighted by Gasteiger charge is 2.13. The molecule has 0 aliphatic rings. The second-order valence-electron chi connectivity index (χ2n) is 5.06. The summed E-state index contributed by atoms with van der Waals surface area (Å²) in [6.45, 7) is 3.94. The highest BCUT2D eigenvalue weighted by Crippen LogP contribution is 2.23. The summed E-state index contributed by atoms with van der Waals surface area (Å²) < 4.78 is 31.4. The van der Waals surface area contributed by atoms with Crippen molar-refractivity contribution in [1.82, 2.24) is 5.32 Å². The predicted molar refractivity (Wildman–Crippen MR) is 79.3 cm³/mol. The van der Waals surface area contributed by atoms with E-state index in [9.17, 15) is 8.78 Å². The average molecular weight is 291 g/mol. The average Bonchev–Trinajstić information content (AvgIpc) is 2.49. The van der Waals surface area contributed by atoms with Crippen LogP contribution in [0.15, 0.2) is 42.5 Å². The van der Waals surface area contributed by atoms with Gasteiger partial charge in [-0.2, -0.15) is 0 Å². The zero-order valence-electron chi connectivity index (χ0n) is 12.4. The van der Waals surface area contributed by atoms with E-state index in [1.165, 1.54) is 6.07 Å². The molecule has 0 aromatic heterocycles. The minimum atomic E-state index is -0.827. The van der Waals surface area contributed by atoms with Crippen LogP contribution in [0.1, 0.15) is 37.1 Å². The molecule has 112 valence electrons. The molecule has 0 fully saturated rings. The third-order valence-electron chi connectivity index (χ3n) is 3.54.